The Kier molecular flexibility index (Phi) is 18.1. The minimum absolute atomic E-state index is 0.0180. The molecule has 9 rings (SSSR count). The molecule has 5 heterocycles. The number of likely N-dealkylation sites (tertiary alicyclic amines) is 1. The fourth-order valence-corrected chi connectivity index (χ4v) is 11.2. The molecule has 2 fully saturated rings. The van der Waals surface area contributed by atoms with Gasteiger partial charge in [-0.2, -0.15) is 5.10 Å². The predicted octanol–water partition coefficient (Wildman–Crippen LogP) is 6.87. The van der Waals surface area contributed by atoms with Gasteiger partial charge in [-0.1, -0.05) is 48.5 Å². The zero-order valence-electron chi connectivity index (χ0n) is 43.0. The number of halogens is 2. The number of nitrogens with two attached hydrogens (primary N) is 2. The number of anilines is 1. The third-order valence-electron chi connectivity index (χ3n) is 13.9. The lowest BCUT2D eigenvalue weighted by atomic mass is 10.0. The number of amides is 2. The maximum atomic E-state index is 14.4. The normalized spacial score (nSPS) is 15.7. The van der Waals surface area contributed by atoms with Crippen molar-refractivity contribution in [2.75, 3.05) is 84.8 Å². The summed E-state index contributed by atoms with van der Waals surface area (Å²) in [7, 11) is -1.64. The number of aromatic nitrogens is 6. The van der Waals surface area contributed by atoms with Crippen LogP contribution < -0.4 is 20.9 Å². The molecule has 21 heteroatoms. The van der Waals surface area contributed by atoms with Crippen molar-refractivity contribution in [3.8, 4) is 22.8 Å². The van der Waals surface area contributed by atoms with E-state index >= 15 is 0 Å². The predicted molar refractivity (Wildman–Crippen MR) is 297 cm³/mol. The quantitative estimate of drug-likeness (QED) is 0.0466. The largest absolute Gasteiger partial charge is 0.457 e. The van der Waals surface area contributed by atoms with Crippen LogP contribution in [0.3, 0.4) is 0 Å². The number of carbonyl (C=O) groups is 2. The summed E-state index contributed by atoms with van der Waals surface area (Å²) in [6.07, 6.45) is 10.6. The Morgan fingerprint density at radius 1 is 0.883 bits per heavy atom. The third-order valence-corrected chi connectivity index (χ3v) is 16.1. The Balaban J connectivity index is 0.660. The van der Waals surface area contributed by atoms with E-state index in [0.717, 1.165) is 82.0 Å². The number of hydrogen-bond acceptors (Lipinski definition) is 14. The van der Waals surface area contributed by atoms with Crippen molar-refractivity contribution in [3.63, 3.8) is 0 Å². The first-order valence-corrected chi connectivity index (χ1v) is 28.1. The standard InChI is InChI=1S/C56H63BrFN13O5S/c1-67(25-7-15-50(72)70-29-6-11-42(37-70)71-56-52(54(59)62-38-63-56)53(66-71)40-18-20-44(21-19-40)76-43-12-3-2-4-13-43)26-9-28-69-32-30-68(31-33-69)27-8-24-64-77(74,75)45-22-16-39(17-23-45)34-49-61-36-46(57)48(65-49)35-41-10-5-14-47(58)51(41)55(60)73/h2-5,7,10,12-23,36,38,42,64H,6,8-9,11,24-35,37H2,1H3,(H2,60,73)(H2,59,62,63)/b15-7+/t42-/m1/s1. The summed E-state index contributed by atoms with van der Waals surface area (Å²) in [4.78, 5) is 52.5. The Morgan fingerprint density at radius 3 is 2.35 bits per heavy atom. The molecule has 0 radical (unpaired) electrons. The number of nitrogens with one attached hydrogen (secondary N) is 1. The van der Waals surface area contributed by atoms with Crippen LogP contribution in [-0.2, 0) is 27.7 Å². The molecule has 2 aliphatic heterocycles. The second-order valence-electron chi connectivity index (χ2n) is 19.4. The molecule has 2 aliphatic rings. The van der Waals surface area contributed by atoms with Crippen LogP contribution in [0.25, 0.3) is 22.3 Å². The monoisotopic (exact) mass is 1130 g/mol. The van der Waals surface area contributed by atoms with E-state index in [4.69, 9.17) is 21.3 Å². The van der Waals surface area contributed by atoms with Crippen LogP contribution in [0.5, 0.6) is 11.5 Å². The van der Waals surface area contributed by atoms with Gasteiger partial charge < -0.3 is 35.8 Å². The fraction of sp³-hybridized carbons (Fsp3) is 0.339. The van der Waals surface area contributed by atoms with Crippen LogP contribution >= 0.6 is 15.9 Å². The van der Waals surface area contributed by atoms with Crippen LogP contribution in [0, 0.1) is 5.82 Å². The van der Waals surface area contributed by atoms with Crippen molar-refractivity contribution >= 4 is 54.6 Å². The second-order valence-corrected chi connectivity index (χ2v) is 22.1. The van der Waals surface area contributed by atoms with E-state index in [0.29, 0.717) is 88.9 Å². The number of hydrogen-bond donors (Lipinski definition) is 3. The van der Waals surface area contributed by atoms with Gasteiger partial charge in [-0.25, -0.2) is 42.1 Å². The van der Waals surface area contributed by atoms with Gasteiger partial charge in [0.15, 0.2) is 5.65 Å². The number of ether oxygens (including phenoxy) is 1. The maximum Gasteiger partial charge on any atom is 0.251 e. The number of rotatable bonds is 22. The summed E-state index contributed by atoms with van der Waals surface area (Å²) >= 11 is 3.45. The average Bonchev–Trinajstić information content (AvgIpc) is 3.86. The van der Waals surface area contributed by atoms with Crippen molar-refractivity contribution in [2.24, 2.45) is 5.73 Å². The van der Waals surface area contributed by atoms with E-state index < -0.39 is 21.7 Å². The Bertz CT molecular complexity index is 3310. The number of fused-ring (bicyclic) bond motifs is 1. The maximum absolute atomic E-state index is 14.4. The van der Waals surface area contributed by atoms with Gasteiger partial charge in [-0.15, -0.1) is 0 Å². The Morgan fingerprint density at radius 2 is 1.61 bits per heavy atom. The van der Waals surface area contributed by atoms with Crippen molar-refractivity contribution in [1.82, 2.24) is 54.0 Å². The topological polar surface area (TPSA) is 224 Å². The third kappa shape index (κ3) is 14.1. The highest BCUT2D eigenvalue weighted by Gasteiger charge is 2.29. The van der Waals surface area contributed by atoms with Crippen molar-refractivity contribution in [2.45, 2.75) is 49.5 Å². The van der Waals surface area contributed by atoms with Crippen molar-refractivity contribution in [3.05, 3.63) is 160 Å². The molecular weight excluding hydrogens is 1070 g/mol. The Hall–Kier alpha value is -7.01. The molecule has 2 saturated heterocycles. The van der Waals surface area contributed by atoms with E-state index in [1.54, 1.807) is 42.6 Å². The lowest BCUT2D eigenvalue weighted by Gasteiger charge is -2.35. The summed E-state index contributed by atoms with van der Waals surface area (Å²) in [6.45, 7) is 8.61. The number of nitrogens with zero attached hydrogens (tertiary/aromatic N) is 10. The SMILES string of the molecule is CN(C/C=C/C(=O)N1CCC[C@@H](n2nc(-c3ccc(Oc4ccccc4)cc3)c3c(N)ncnc32)C1)CCCN1CCN(CCCNS(=O)(=O)c2ccc(Cc3ncc(Br)c(Cc4cccc(F)c4C(N)=O)n3)cc2)CC1. The molecule has 0 aliphatic carbocycles. The zero-order chi connectivity index (χ0) is 53.9. The molecule has 4 aromatic carbocycles. The number of likely N-dealkylation sites (N-methyl/N-ethyl adjacent to an activating group) is 1. The summed E-state index contributed by atoms with van der Waals surface area (Å²) in [5, 5.41) is 5.73. The van der Waals surface area contributed by atoms with Gasteiger partial charge in [0.1, 0.15) is 41.0 Å². The molecule has 7 aromatic rings. The number of piperidine rings is 1. The van der Waals surface area contributed by atoms with Gasteiger partial charge in [0.05, 0.1) is 32.1 Å². The smallest absolute Gasteiger partial charge is 0.251 e. The number of primary amides is 1. The molecule has 1 atom stereocenters. The van der Waals surface area contributed by atoms with Crippen LogP contribution in [0.2, 0.25) is 0 Å². The average molecular weight is 1130 g/mol. The first-order valence-electron chi connectivity index (χ1n) is 25.8. The lowest BCUT2D eigenvalue weighted by Crippen LogP contribution is -2.47. The molecule has 77 heavy (non-hydrogen) atoms. The highest BCUT2D eigenvalue weighted by Crippen LogP contribution is 2.35. The van der Waals surface area contributed by atoms with Crippen LogP contribution in [-0.4, -0.2) is 149 Å². The van der Waals surface area contributed by atoms with Gasteiger partial charge in [-0.3, -0.25) is 9.59 Å². The van der Waals surface area contributed by atoms with Crippen LogP contribution in [0.15, 0.2) is 131 Å². The lowest BCUT2D eigenvalue weighted by molar-refractivity contribution is -0.127. The first kappa shape index (κ1) is 54.8. The number of benzene rings is 4. The molecule has 3 aromatic heterocycles. The highest BCUT2D eigenvalue weighted by atomic mass is 79.9. The molecule has 0 unspecified atom stereocenters. The van der Waals surface area contributed by atoms with Crippen LogP contribution in [0.4, 0.5) is 10.2 Å². The molecule has 5 N–H and O–H groups in total. The molecule has 2 amide bonds. The van der Waals surface area contributed by atoms with Gasteiger partial charge in [0.2, 0.25) is 15.9 Å². The summed E-state index contributed by atoms with van der Waals surface area (Å²) in [5.74, 6) is 0.730. The number of nitrogen functional groups attached to an aromatic ring is 1. The first-order chi connectivity index (χ1) is 37.3. The van der Waals surface area contributed by atoms with E-state index in [1.165, 1.54) is 18.5 Å². The Labute approximate surface area is 456 Å². The minimum atomic E-state index is -3.71. The fourth-order valence-electron chi connectivity index (χ4n) is 9.83. The summed E-state index contributed by atoms with van der Waals surface area (Å²) in [6, 6.07) is 28.2. The van der Waals surface area contributed by atoms with E-state index in [9.17, 15) is 22.4 Å². The number of para-hydroxylation sites is 1. The van der Waals surface area contributed by atoms with Crippen LogP contribution in [0.1, 0.15) is 64.7 Å². The highest BCUT2D eigenvalue weighted by molar-refractivity contribution is 9.10. The molecule has 18 nitrogen and oxygen atoms in total. The van der Waals surface area contributed by atoms with Crippen molar-refractivity contribution in [1.29, 1.82) is 0 Å². The summed E-state index contributed by atoms with van der Waals surface area (Å²) in [5.41, 5.74) is 15.7. The number of sulfonamides is 1. The van der Waals surface area contributed by atoms with Crippen molar-refractivity contribution < 1.29 is 27.1 Å². The zero-order valence-corrected chi connectivity index (χ0v) is 45.4. The van der Waals surface area contributed by atoms with E-state index in [1.807, 2.05) is 70.3 Å². The van der Waals surface area contributed by atoms with Gasteiger partial charge >= 0.3 is 0 Å². The second kappa shape index (κ2) is 25.4. The van der Waals surface area contributed by atoms with Gasteiger partial charge in [-0.05, 0) is 134 Å². The van der Waals surface area contributed by atoms with E-state index in [2.05, 4.69) is 62.3 Å². The molecule has 0 saturated carbocycles. The molecule has 0 bridgehead atoms. The minimum Gasteiger partial charge on any atom is -0.457 e. The molecule has 0 spiro atoms. The van der Waals surface area contributed by atoms with Gasteiger partial charge in [0.25, 0.3) is 5.91 Å². The van der Waals surface area contributed by atoms with Gasteiger partial charge in [0, 0.05) is 83.0 Å². The summed E-state index contributed by atoms with van der Waals surface area (Å²) < 4.78 is 52.0. The molecule has 402 valence electrons. The number of carbonyl (C=O) groups excluding carboxylic acids is 2. The van der Waals surface area contributed by atoms with E-state index in [-0.39, 0.29) is 28.8 Å². The molecular formula is C56H63BrFN13O5S. The number of piperazine rings is 1.